The molecule has 0 saturated carbocycles. The molecule has 1 aromatic carbocycles. The first-order valence-corrected chi connectivity index (χ1v) is 6.46. The van der Waals surface area contributed by atoms with Gasteiger partial charge in [0.05, 0.1) is 12.1 Å². The summed E-state index contributed by atoms with van der Waals surface area (Å²) in [7, 11) is 0. The summed E-state index contributed by atoms with van der Waals surface area (Å²) in [5.74, 6) is -1.79. The lowest BCUT2D eigenvalue weighted by molar-refractivity contribution is 0.0196. The Morgan fingerprint density at radius 1 is 1.10 bits per heavy atom. The van der Waals surface area contributed by atoms with Gasteiger partial charge in [-0.1, -0.05) is 12.2 Å². The van der Waals surface area contributed by atoms with Gasteiger partial charge in [-0.25, -0.2) is 13.6 Å². The highest BCUT2D eigenvalue weighted by molar-refractivity contribution is 5.73. The fourth-order valence-corrected chi connectivity index (χ4v) is 2.71. The Bertz CT molecular complexity index is 580. The average molecular weight is 279 g/mol. The summed E-state index contributed by atoms with van der Waals surface area (Å²) in [6.45, 7) is 5.34. The molecule has 2 unspecified atom stereocenters. The van der Waals surface area contributed by atoms with Gasteiger partial charge >= 0.3 is 6.09 Å². The lowest BCUT2D eigenvalue weighted by atomic mass is 9.97. The molecule has 0 radical (unpaired) electrons. The van der Waals surface area contributed by atoms with Gasteiger partial charge in [0.15, 0.2) is 11.6 Å². The molecule has 0 aliphatic carbocycles. The summed E-state index contributed by atoms with van der Waals surface area (Å²) in [4.78, 5) is 13.7. The Balaban J connectivity index is 1.94. The lowest BCUT2D eigenvalue weighted by Gasteiger charge is -2.27. The van der Waals surface area contributed by atoms with Gasteiger partial charge in [0, 0.05) is 0 Å². The number of rotatable bonds is 0. The Morgan fingerprint density at radius 3 is 1.95 bits per heavy atom. The van der Waals surface area contributed by atoms with Crippen molar-refractivity contribution in [1.82, 2.24) is 4.90 Å². The topological polar surface area (TPSA) is 29.5 Å². The van der Waals surface area contributed by atoms with Crippen LogP contribution in [0.1, 0.15) is 44.0 Å². The van der Waals surface area contributed by atoms with E-state index in [0.717, 1.165) is 12.1 Å². The van der Waals surface area contributed by atoms with Crippen molar-refractivity contribution in [2.75, 3.05) is 0 Å². The minimum atomic E-state index is -0.895. The fourth-order valence-electron chi connectivity index (χ4n) is 2.71. The number of fused-ring (bicyclic) bond motifs is 5. The molecule has 3 nitrogen and oxygen atoms in total. The molecule has 0 N–H and O–H groups in total. The molecule has 2 heterocycles. The smallest absolute Gasteiger partial charge is 0.411 e. The van der Waals surface area contributed by atoms with Crippen molar-refractivity contribution in [2.45, 2.75) is 38.5 Å². The summed E-state index contributed by atoms with van der Waals surface area (Å²) in [6.07, 6.45) is 3.15. The predicted molar refractivity (Wildman–Crippen MR) is 69.1 cm³/mol. The molecule has 1 amide bonds. The molecule has 2 aliphatic rings. The van der Waals surface area contributed by atoms with E-state index in [1.165, 1.54) is 4.90 Å². The number of hydrogen-bond donors (Lipinski definition) is 0. The zero-order valence-corrected chi connectivity index (χ0v) is 11.5. The molecule has 1 aromatic rings. The van der Waals surface area contributed by atoms with Crippen LogP contribution < -0.4 is 0 Å². The molecule has 0 fully saturated rings. The Hall–Kier alpha value is -1.91. The minimum absolute atomic E-state index is 0.375. The zero-order chi connectivity index (χ0) is 14.7. The van der Waals surface area contributed by atoms with E-state index < -0.39 is 23.3 Å². The molecule has 2 aliphatic heterocycles. The molecule has 3 rings (SSSR count). The molecule has 0 aromatic heterocycles. The number of benzene rings is 1. The molecule has 106 valence electrons. The number of amides is 1. The van der Waals surface area contributed by atoms with Gasteiger partial charge in [0.2, 0.25) is 0 Å². The first-order valence-electron chi connectivity index (χ1n) is 6.46. The molecule has 2 atom stereocenters. The third kappa shape index (κ3) is 1.88. The van der Waals surface area contributed by atoms with Crippen molar-refractivity contribution in [1.29, 1.82) is 0 Å². The number of hydrogen-bond acceptors (Lipinski definition) is 2. The molecule has 0 saturated heterocycles. The zero-order valence-electron chi connectivity index (χ0n) is 11.5. The average Bonchev–Trinajstić information content (AvgIpc) is 2.84. The van der Waals surface area contributed by atoms with Crippen LogP contribution in [0.3, 0.4) is 0 Å². The second kappa shape index (κ2) is 4.04. The second-order valence-electron chi connectivity index (χ2n) is 6.06. The van der Waals surface area contributed by atoms with Crippen molar-refractivity contribution >= 4 is 6.09 Å². The van der Waals surface area contributed by atoms with Crippen LogP contribution in [0.5, 0.6) is 0 Å². The van der Waals surface area contributed by atoms with E-state index in [4.69, 9.17) is 4.74 Å². The lowest BCUT2D eigenvalue weighted by Crippen LogP contribution is -2.35. The third-order valence-corrected chi connectivity index (χ3v) is 3.44. The van der Waals surface area contributed by atoms with Crippen LogP contribution in [0.2, 0.25) is 0 Å². The quantitative estimate of drug-likeness (QED) is 0.675. The first kappa shape index (κ1) is 13.1. The molecule has 20 heavy (non-hydrogen) atoms. The van der Waals surface area contributed by atoms with Crippen LogP contribution in [0, 0.1) is 11.6 Å². The molecular formula is C15H15F2NO2. The van der Waals surface area contributed by atoms with Gasteiger partial charge in [0.1, 0.15) is 5.60 Å². The van der Waals surface area contributed by atoms with Crippen LogP contribution in [0.25, 0.3) is 0 Å². The monoisotopic (exact) mass is 279 g/mol. The largest absolute Gasteiger partial charge is 0.444 e. The van der Waals surface area contributed by atoms with Crippen molar-refractivity contribution in [3.63, 3.8) is 0 Å². The van der Waals surface area contributed by atoms with Gasteiger partial charge < -0.3 is 4.74 Å². The summed E-state index contributed by atoms with van der Waals surface area (Å²) < 4.78 is 32.1. The van der Waals surface area contributed by atoms with Gasteiger partial charge in [0.25, 0.3) is 0 Å². The van der Waals surface area contributed by atoms with Crippen LogP contribution in [-0.4, -0.2) is 16.6 Å². The summed E-state index contributed by atoms with van der Waals surface area (Å²) in [6, 6.07) is 1.58. The summed E-state index contributed by atoms with van der Waals surface area (Å²) in [5.41, 5.74) is 0.645. The number of nitrogens with zero attached hydrogens (tertiary/aromatic N) is 1. The highest BCUT2D eigenvalue weighted by Crippen LogP contribution is 2.49. The van der Waals surface area contributed by atoms with Crippen LogP contribution in [0.4, 0.5) is 13.6 Å². The van der Waals surface area contributed by atoms with Gasteiger partial charge in [-0.05, 0) is 44.0 Å². The van der Waals surface area contributed by atoms with E-state index in [-0.39, 0.29) is 12.1 Å². The SMILES string of the molecule is CC(C)(C)OC(=O)N1C2C=CC1c1cc(F)c(F)cc12. The maximum absolute atomic E-state index is 13.4. The van der Waals surface area contributed by atoms with Crippen molar-refractivity contribution in [2.24, 2.45) is 0 Å². The first-order chi connectivity index (χ1) is 9.28. The standard InChI is InChI=1S/C15H15F2NO2/c1-15(2,3)20-14(19)18-12-4-5-13(18)9-7-11(17)10(16)6-8(9)12/h4-7,12-13H,1-3H3. The van der Waals surface area contributed by atoms with Crippen molar-refractivity contribution in [3.8, 4) is 0 Å². The Kier molecular flexibility index (Phi) is 2.64. The molecular weight excluding hydrogens is 264 g/mol. The third-order valence-electron chi connectivity index (χ3n) is 3.44. The maximum Gasteiger partial charge on any atom is 0.411 e. The van der Waals surface area contributed by atoms with Crippen LogP contribution in [0.15, 0.2) is 24.3 Å². The fraction of sp³-hybridized carbons (Fsp3) is 0.400. The van der Waals surface area contributed by atoms with Crippen molar-refractivity contribution in [3.05, 3.63) is 47.0 Å². The van der Waals surface area contributed by atoms with E-state index in [1.807, 2.05) is 12.2 Å². The van der Waals surface area contributed by atoms with E-state index in [0.29, 0.717) is 11.1 Å². The molecule has 5 heteroatoms. The molecule has 2 bridgehead atoms. The number of ether oxygens (including phenoxy) is 1. The number of carbonyl (C=O) groups excluding carboxylic acids is 1. The predicted octanol–water partition coefficient (Wildman–Crippen LogP) is 3.87. The van der Waals surface area contributed by atoms with Crippen molar-refractivity contribution < 1.29 is 18.3 Å². The highest BCUT2D eigenvalue weighted by atomic mass is 19.2. The summed E-state index contributed by atoms with van der Waals surface area (Å²) >= 11 is 0. The van der Waals surface area contributed by atoms with Gasteiger partial charge in [-0.2, -0.15) is 0 Å². The van der Waals surface area contributed by atoms with E-state index in [9.17, 15) is 13.6 Å². The number of carbonyl (C=O) groups is 1. The van der Waals surface area contributed by atoms with Gasteiger partial charge in [-0.15, -0.1) is 0 Å². The number of halogens is 2. The maximum atomic E-state index is 13.4. The van der Waals surface area contributed by atoms with E-state index in [2.05, 4.69) is 0 Å². The van der Waals surface area contributed by atoms with E-state index in [1.54, 1.807) is 20.8 Å². The van der Waals surface area contributed by atoms with Crippen LogP contribution >= 0.6 is 0 Å². The minimum Gasteiger partial charge on any atom is -0.444 e. The van der Waals surface area contributed by atoms with Crippen LogP contribution in [-0.2, 0) is 4.74 Å². The summed E-state index contributed by atoms with van der Waals surface area (Å²) in [5, 5.41) is 0. The normalized spacial score (nSPS) is 23.1. The Morgan fingerprint density at radius 2 is 1.55 bits per heavy atom. The Labute approximate surface area is 115 Å². The molecule has 0 spiro atoms. The second-order valence-corrected chi connectivity index (χ2v) is 6.06. The van der Waals surface area contributed by atoms with E-state index >= 15 is 0 Å². The van der Waals surface area contributed by atoms with Gasteiger partial charge in [-0.3, -0.25) is 4.90 Å². The highest BCUT2D eigenvalue weighted by Gasteiger charge is 2.45.